The number of fused-ring (bicyclic) bond motifs is 1. The van der Waals surface area contributed by atoms with Crippen LogP contribution in [0.3, 0.4) is 0 Å². The van der Waals surface area contributed by atoms with Gasteiger partial charge < -0.3 is 21.3 Å². The third-order valence-electron chi connectivity index (χ3n) is 3.86. The normalized spacial score (nSPS) is 11.1. The SMILES string of the molecule is NC(=O)c1cccc2cn(-c3ccc(CNCCO)cc3)nc12.O=C(O)C(F)(F)F. The van der Waals surface area contributed by atoms with Crippen LogP contribution in [0.5, 0.6) is 0 Å². The minimum absolute atomic E-state index is 0.125. The molecule has 30 heavy (non-hydrogen) atoms. The van der Waals surface area contributed by atoms with Gasteiger partial charge in [-0.25, -0.2) is 9.48 Å². The third-order valence-corrected chi connectivity index (χ3v) is 3.86. The molecule has 0 radical (unpaired) electrons. The van der Waals surface area contributed by atoms with Gasteiger partial charge in [0, 0.05) is 24.7 Å². The number of carboxylic acid groups (broad SMARTS) is 1. The molecule has 1 amide bonds. The quantitative estimate of drug-likeness (QED) is 0.447. The maximum Gasteiger partial charge on any atom is 0.490 e. The molecule has 0 aliphatic carbocycles. The molecule has 1 aromatic heterocycles. The number of carbonyl (C=O) groups is 2. The number of aliphatic hydroxyl groups excluding tert-OH is 1. The molecule has 160 valence electrons. The zero-order chi connectivity index (χ0) is 22.3. The van der Waals surface area contributed by atoms with Crippen LogP contribution in [0.15, 0.2) is 48.7 Å². The van der Waals surface area contributed by atoms with Crippen molar-refractivity contribution in [2.75, 3.05) is 13.2 Å². The molecule has 0 atom stereocenters. The Morgan fingerprint density at radius 1 is 1.13 bits per heavy atom. The number of rotatable bonds is 6. The molecule has 5 N–H and O–H groups in total. The van der Waals surface area contributed by atoms with E-state index in [2.05, 4.69) is 10.4 Å². The van der Waals surface area contributed by atoms with Crippen molar-refractivity contribution in [2.45, 2.75) is 12.7 Å². The summed E-state index contributed by atoms with van der Waals surface area (Å²) in [5.41, 5.74) is 8.45. The van der Waals surface area contributed by atoms with Crippen molar-refractivity contribution in [1.29, 1.82) is 0 Å². The molecule has 3 aromatic rings. The van der Waals surface area contributed by atoms with Gasteiger partial charge in [0.1, 0.15) is 5.52 Å². The van der Waals surface area contributed by atoms with Crippen LogP contribution in [0.1, 0.15) is 15.9 Å². The van der Waals surface area contributed by atoms with Gasteiger partial charge in [-0.3, -0.25) is 4.79 Å². The summed E-state index contributed by atoms with van der Waals surface area (Å²) in [6, 6.07) is 13.3. The van der Waals surface area contributed by atoms with Crippen molar-refractivity contribution in [3.05, 3.63) is 59.8 Å². The molecule has 3 rings (SSSR count). The maximum absolute atomic E-state index is 11.5. The molecule has 0 fully saturated rings. The Morgan fingerprint density at radius 3 is 2.30 bits per heavy atom. The zero-order valence-corrected chi connectivity index (χ0v) is 15.6. The molecule has 0 saturated carbocycles. The van der Waals surface area contributed by atoms with E-state index in [1.165, 1.54) is 0 Å². The highest BCUT2D eigenvalue weighted by atomic mass is 19.4. The van der Waals surface area contributed by atoms with Gasteiger partial charge in [0.2, 0.25) is 0 Å². The standard InChI is InChI=1S/C17H18N4O2.C2HF3O2/c18-17(23)15-3-1-2-13-11-21(20-16(13)15)14-6-4-12(5-7-14)10-19-8-9-22;3-2(4,5)1(6)7/h1-7,11,19,22H,8-10H2,(H2,18,23);(H,6,7). The third kappa shape index (κ3) is 6.03. The van der Waals surface area contributed by atoms with E-state index in [0.717, 1.165) is 16.6 Å². The summed E-state index contributed by atoms with van der Waals surface area (Å²) in [5, 5.41) is 24.4. The number of nitrogens with two attached hydrogens (primary N) is 1. The van der Waals surface area contributed by atoms with Crippen molar-refractivity contribution in [2.24, 2.45) is 5.73 Å². The van der Waals surface area contributed by atoms with Crippen LogP contribution in [0, 0.1) is 0 Å². The van der Waals surface area contributed by atoms with Crippen molar-refractivity contribution >= 4 is 22.8 Å². The van der Waals surface area contributed by atoms with Gasteiger partial charge in [0.25, 0.3) is 5.91 Å². The number of aromatic nitrogens is 2. The van der Waals surface area contributed by atoms with E-state index in [1.807, 2.05) is 36.5 Å². The number of aliphatic carboxylic acids is 1. The number of alkyl halides is 3. The highest BCUT2D eigenvalue weighted by Gasteiger charge is 2.38. The lowest BCUT2D eigenvalue weighted by Crippen LogP contribution is -2.21. The van der Waals surface area contributed by atoms with Crippen LogP contribution in [0.2, 0.25) is 0 Å². The highest BCUT2D eigenvalue weighted by molar-refractivity contribution is 6.04. The fourth-order valence-electron chi connectivity index (χ4n) is 2.45. The summed E-state index contributed by atoms with van der Waals surface area (Å²) in [5.74, 6) is -3.24. The Labute approximate surface area is 168 Å². The number of benzene rings is 2. The average Bonchev–Trinajstić information content (AvgIpc) is 3.12. The number of halogens is 3. The maximum atomic E-state index is 11.5. The highest BCUT2D eigenvalue weighted by Crippen LogP contribution is 2.19. The van der Waals surface area contributed by atoms with Gasteiger partial charge in [0.05, 0.1) is 17.9 Å². The predicted molar refractivity (Wildman–Crippen MR) is 102 cm³/mol. The molecule has 0 spiro atoms. The van der Waals surface area contributed by atoms with Crippen molar-refractivity contribution < 1.29 is 33.0 Å². The predicted octanol–water partition coefficient (Wildman–Crippen LogP) is 1.84. The minimum Gasteiger partial charge on any atom is -0.475 e. The molecular weight excluding hydrogens is 405 g/mol. The van der Waals surface area contributed by atoms with Crippen LogP contribution in [0.4, 0.5) is 13.2 Å². The second kappa shape index (κ2) is 9.85. The molecule has 0 saturated heterocycles. The number of carbonyl (C=O) groups excluding carboxylic acids is 1. The zero-order valence-electron chi connectivity index (χ0n) is 15.6. The molecule has 0 aliphatic rings. The largest absolute Gasteiger partial charge is 0.490 e. The number of nitrogens with one attached hydrogen (secondary N) is 1. The summed E-state index contributed by atoms with van der Waals surface area (Å²) in [6.07, 6.45) is -3.21. The number of carboxylic acids is 1. The molecule has 11 heteroatoms. The van der Waals surface area contributed by atoms with Crippen molar-refractivity contribution in [3.63, 3.8) is 0 Å². The topological polar surface area (TPSA) is 130 Å². The lowest BCUT2D eigenvalue weighted by atomic mass is 10.1. The lowest BCUT2D eigenvalue weighted by molar-refractivity contribution is -0.192. The lowest BCUT2D eigenvalue weighted by Gasteiger charge is -2.05. The Morgan fingerprint density at radius 2 is 1.77 bits per heavy atom. The fourth-order valence-corrected chi connectivity index (χ4v) is 2.45. The summed E-state index contributed by atoms with van der Waals surface area (Å²) >= 11 is 0. The summed E-state index contributed by atoms with van der Waals surface area (Å²) in [7, 11) is 0. The summed E-state index contributed by atoms with van der Waals surface area (Å²) in [6.45, 7) is 1.40. The number of aliphatic hydroxyl groups is 1. The summed E-state index contributed by atoms with van der Waals surface area (Å²) < 4.78 is 33.5. The Bertz CT molecular complexity index is 1020. The Hall–Kier alpha value is -3.44. The van der Waals surface area contributed by atoms with E-state index < -0.39 is 18.1 Å². The first-order chi connectivity index (χ1) is 14.1. The van der Waals surface area contributed by atoms with Crippen molar-refractivity contribution in [3.8, 4) is 5.69 Å². The van der Waals surface area contributed by atoms with Gasteiger partial charge in [-0.05, 0) is 23.8 Å². The van der Waals surface area contributed by atoms with E-state index in [0.29, 0.717) is 24.2 Å². The van der Waals surface area contributed by atoms with E-state index >= 15 is 0 Å². The van der Waals surface area contributed by atoms with Gasteiger partial charge in [-0.2, -0.15) is 18.3 Å². The number of primary amides is 1. The van der Waals surface area contributed by atoms with Crippen LogP contribution < -0.4 is 11.1 Å². The smallest absolute Gasteiger partial charge is 0.475 e. The van der Waals surface area contributed by atoms with Gasteiger partial charge in [-0.15, -0.1) is 0 Å². The first kappa shape index (κ1) is 22.8. The number of hydrogen-bond donors (Lipinski definition) is 4. The number of amides is 1. The first-order valence-electron chi connectivity index (χ1n) is 8.62. The van der Waals surface area contributed by atoms with Crippen LogP contribution in [0.25, 0.3) is 16.6 Å². The molecule has 8 nitrogen and oxygen atoms in total. The Balaban J connectivity index is 0.000000396. The second-order valence-corrected chi connectivity index (χ2v) is 6.05. The van der Waals surface area contributed by atoms with E-state index in [9.17, 15) is 18.0 Å². The average molecular weight is 424 g/mol. The van der Waals surface area contributed by atoms with E-state index in [4.69, 9.17) is 20.7 Å². The second-order valence-electron chi connectivity index (χ2n) is 6.05. The van der Waals surface area contributed by atoms with Crippen molar-refractivity contribution in [1.82, 2.24) is 15.1 Å². The first-order valence-corrected chi connectivity index (χ1v) is 8.62. The van der Waals surface area contributed by atoms with Crippen LogP contribution >= 0.6 is 0 Å². The minimum atomic E-state index is -5.08. The molecule has 0 aliphatic heterocycles. The Kier molecular flexibility index (Phi) is 7.50. The van der Waals surface area contributed by atoms with Gasteiger partial charge in [0.15, 0.2) is 0 Å². The molecule has 0 unspecified atom stereocenters. The van der Waals surface area contributed by atoms with E-state index in [1.54, 1.807) is 16.8 Å². The van der Waals surface area contributed by atoms with Crippen LogP contribution in [-0.4, -0.2) is 51.2 Å². The van der Waals surface area contributed by atoms with Gasteiger partial charge in [-0.1, -0.05) is 24.3 Å². The van der Waals surface area contributed by atoms with E-state index in [-0.39, 0.29) is 6.61 Å². The monoisotopic (exact) mass is 424 g/mol. The fraction of sp³-hybridized carbons (Fsp3) is 0.211. The van der Waals surface area contributed by atoms with Gasteiger partial charge >= 0.3 is 12.1 Å². The molecule has 1 heterocycles. The molecule has 2 aromatic carbocycles. The molecule has 0 bridgehead atoms. The number of nitrogens with zero attached hydrogens (tertiary/aromatic N) is 2. The summed E-state index contributed by atoms with van der Waals surface area (Å²) in [4.78, 5) is 20.4. The molecular formula is C19H19F3N4O4. The van der Waals surface area contributed by atoms with Crippen LogP contribution in [-0.2, 0) is 11.3 Å². The number of hydrogen-bond acceptors (Lipinski definition) is 5.